The molecule has 1 atom stereocenters. The van der Waals surface area contributed by atoms with Crippen molar-refractivity contribution in [3.8, 4) is 17.2 Å². The molecule has 0 spiro atoms. The van der Waals surface area contributed by atoms with Crippen LogP contribution in [-0.2, 0) is 19.6 Å². The maximum Gasteiger partial charge on any atom is 0.284 e. The zero-order chi connectivity index (χ0) is 31.8. The van der Waals surface area contributed by atoms with Crippen LogP contribution in [0.2, 0.25) is 0 Å². The van der Waals surface area contributed by atoms with Gasteiger partial charge in [-0.15, -0.1) is 0 Å². The van der Waals surface area contributed by atoms with Crippen LogP contribution in [0.1, 0.15) is 46.2 Å². The molecule has 3 aromatic rings. The Labute approximate surface area is 257 Å². The smallest absolute Gasteiger partial charge is 0.284 e. The van der Waals surface area contributed by atoms with Crippen LogP contribution in [0.25, 0.3) is 0 Å². The Balaban J connectivity index is 1.61. The van der Waals surface area contributed by atoms with Gasteiger partial charge >= 0.3 is 0 Å². The van der Waals surface area contributed by atoms with Crippen LogP contribution in [0.5, 0.6) is 17.2 Å². The zero-order valence-electron chi connectivity index (χ0n) is 25.2. The fraction of sp³-hybridized carbons (Fsp3) is 0.312. The number of para-hydroxylation sites is 2. The number of hydrogen-bond acceptors (Lipinski definition) is 9. The lowest BCUT2D eigenvalue weighted by molar-refractivity contribution is -0.120. The van der Waals surface area contributed by atoms with E-state index in [1.54, 1.807) is 50.2 Å². The second kappa shape index (κ2) is 11.9. The number of imide groups is 1. The van der Waals surface area contributed by atoms with Crippen LogP contribution in [-0.4, -0.2) is 49.5 Å². The van der Waals surface area contributed by atoms with E-state index < -0.39 is 39.0 Å². The van der Waals surface area contributed by atoms with Gasteiger partial charge in [0, 0.05) is 13.1 Å². The minimum Gasteiger partial charge on any atom is -0.504 e. The maximum absolute atomic E-state index is 14.0. The number of amides is 2. The van der Waals surface area contributed by atoms with E-state index in [9.17, 15) is 23.1 Å². The van der Waals surface area contributed by atoms with E-state index >= 15 is 0 Å². The van der Waals surface area contributed by atoms with Crippen molar-refractivity contribution in [3.05, 3.63) is 83.7 Å². The number of sulfonamides is 1. The number of carbonyl (C=O) groups is 2. The van der Waals surface area contributed by atoms with Gasteiger partial charge in [-0.2, -0.15) is 4.31 Å². The summed E-state index contributed by atoms with van der Waals surface area (Å²) >= 11 is 0. The van der Waals surface area contributed by atoms with Gasteiger partial charge in [-0.1, -0.05) is 65.0 Å². The topological polar surface area (TPSA) is 138 Å². The van der Waals surface area contributed by atoms with Gasteiger partial charge in [-0.3, -0.25) is 9.59 Å². The van der Waals surface area contributed by atoms with Crippen molar-refractivity contribution >= 4 is 33.2 Å². The summed E-state index contributed by atoms with van der Waals surface area (Å²) < 4.78 is 38.8. The van der Waals surface area contributed by atoms with Crippen molar-refractivity contribution in [3.63, 3.8) is 0 Å². The highest BCUT2D eigenvalue weighted by molar-refractivity contribution is 7.89. The predicted molar refractivity (Wildman–Crippen MR) is 166 cm³/mol. The Hall–Kier alpha value is -4.55. The number of ether oxygens (including phenoxy) is 2. The molecule has 232 valence electrons. The quantitative estimate of drug-likeness (QED) is 0.217. The molecule has 0 aliphatic carbocycles. The summed E-state index contributed by atoms with van der Waals surface area (Å²) in [6, 6.07) is 17.7. The van der Waals surface area contributed by atoms with Crippen LogP contribution in [0, 0.1) is 5.41 Å². The van der Waals surface area contributed by atoms with Crippen LogP contribution in [0.4, 0.5) is 11.4 Å². The van der Waals surface area contributed by atoms with Crippen LogP contribution < -0.4 is 25.0 Å². The van der Waals surface area contributed by atoms with E-state index in [4.69, 9.17) is 9.47 Å². The van der Waals surface area contributed by atoms with Gasteiger partial charge < -0.3 is 25.2 Å². The number of nitrogens with zero attached hydrogens (tertiary/aromatic N) is 2. The zero-order valence-corrected chi connectivity index (χ0v) is 26.1. The molecule has 5 rings (SSSR count). The molecule has 0 fully saturated rings. The summed E-state index contributed by atoms with van der Waals surface area (Å²) in [4.78, 5) is 28.7. The van der Waals surface area contributed by atoms with Crippen LogP contribution in [0.15, 0.2) is 83.0 Å². The van der Waals surface area contributed by atoms with Crippen molar-refractivity contribution in [1.29, 1.82) is 0 Å². The van der Waals surface area contributed by atoms with E-state index in [1.807, 2.05) is 32.9 Å². The molecule has 2 amide bonds. The van der Waals surface area contributed by atoms with Gasteiger partial charge in [0.05, 0.1) is 17.4 Å². The summed E-state index contributed by atoms with van der Waals surface area (Å²) in [5.74, 6) is -0.654. The average molecular weight is 621 g/mol. The number of phenols is 1. The molecular formula is C32H36N4O7S. The molecule has 0 unspecified atom stereocenters. The minimum atomic E-state index is -4.03. The summed E-state index contributed by atoms with van der Waals surface area (Å²) in [7, 11) is -4.03. The third-order valence-electron chi connectivity index (χ3n) is 7.56. The third-order valence-corrected chi connectivity index (χ3v) is 9.65. The molecule has 0 saturated heterocycles. The Morgan fingerprint density at radius 3 is 2.23 bits per heavy atom. The molecule has 0 bridgehead atoms. The molecule has 2 aliphatic rings. The first-order chi connectivity index (χ1) is 20.9. The van der Waals surface area contributed by atoms with Crippen molar-refractivity contribution in [2.45, 2.75) is 45.6 Å². The Bertz CT molecular complexity index is 1730. The number of benzene rings is 3. The standard InChI is InChI=1S/C32H36N4O7S/c1-6-35(7-2)44(40,41)25-15-11-14-22(28(25)37)33-26-27(31(39)36(30(26)38)21-12-9-8-10-13-21)34-29(32(3,4)5)20-16-17-23-24(18-20)43-19-42-23/h8-18,29,33-34,37H,6-7,19H2,1-5H3/t29-/m0/s1. The predicted octanol–water partition coefficient (Wildman–Crippen LogP) is 4.73. The molecule has 44 heavy (non-hydrogen) atoms. The Morgan fingerprint density at radius 2 is 1.57 bits per heavy atom. The molecule has 0 saturated carbocycles. The number of rotatable bonds is 10. The first-order valence-corrected chi connectivity index (χ1v) is 15.8. The van der Waals surface area contributed by atoms with Gasteiger partial charge in [0.25, 0.3) is 11.8 Å². The summed E-state index contributed by atoms with van der Waals surface area (Å²) in [6.45, 7) is 9.92. The summed E-state index contributed by atoms with van der Waals surface area (Å²) in [5.41, 5.74) is 0.474. The monoisotopic (exact) mass is 620 g/mol. The highest BCUT2D eigenvalue weighted by atomic mass is 32.2. The van der Waals surface area contributed by atoms with E-state index in [2.05, 4.69) is 10.6 Å². The van der Waals surface area contributed by atoms with Gasteiger partial charge in [0.15, 0.2) is 17.2 Å². The summed E-state index contributed by atoms with van der Waals surface area (Å²) in [5, 5.41) is 17.4. The van der Waals surface area contributed by atoms with E-state index in [0.29, 0.717) is 17.2 Å². The molecule has 0 radical (unpaired) electrons. The summed E-state index contributed by atoms with van der Waals surface area (Å²) in [6.07, 6.45) is 0. The second-order valence-corrected chi connectivity index (χ2v) is 13.4. The molecule has 2 aliphatic heterocycles. The number of hydrogen-bond donors (Lipinski definition) is 3. The fourth-order valence-electron chi connectivity index (χ4n) is 5.30. The second-order valence-electron chi connectivity index (χ2n) is 11.5. The number of carbonyl (C=O) groups excluding carboxylic acids is 2. The first-order valence-electron chi connectivity index (χ1n) is 14.3. The molecule has 3 N–H and O–H groups in total. The van der Waals surface area contributed by atoms with Crippen LogP contribution in [0.3, 0.4) is 0 Å². The Morgan fingerprint density at radius 1 is 0.909 bits per heavy atom. The van der Waals surface area contributed by atoms with E-state index in [1.165, 1.54) is 22.5 Å². The molecule has 3 aromatic carbocycles. The molecule has 12 heteroatoms. The van der Waals surface area contributed by atoms with Gasteiger partial charge in [0.2, 0.25) is 16.8 Å². The first kappa shape index (κ1) is 30.9. The van der Waals surface area contributed by atoms with Gasteiger partial charge in [0.1, 0.15) is 16.3 Å². The van der Waals surface area contributed by atoms with Gasteiger partial charge in [-0.05, 0) is 47.4 Å². The maximum atomic E-state index is 14.0. The van der Waals surface area contributed by atoms with Crippen LogP contribution >= 0.6 is 0 Å². The fourth-order valence-corrected chi connectivity index (χ4v) is 6.86. The van der Waals surface area contributed by atoms with Crippen molar-refractivity contribution < 1.29 is 32.6 Å². The molecule has 0 aromatic heterocycles. The van der Waals surface area contributed by atoms with E-state index in [-0.39, 0.29) is 41.9 Å². The highest BCUT2D eigenvalue weighted by Crippen LogP contribution is 2.41. The van der Waals surface area contributed by atoms with Crippen molar-refractivity contribution in [1.82, 2.24) is 9.62 Å². The number of aromatic hydroxyl groups is 1. The molecule has 11 nitrogen and oxygen atoms in total. The van der Waals surface area contributed by atoms with E-state index in [0.717, 1.165) is 10.5 Å². The minimum absolute atomic E-state index is 0.0344. The van der Waals surface area contributed by atoms with Gasteiger partial charge in [-0.25, -0.2) is 13.3 Å². The van der Waals surface area contributed by atoms with Crippen molar-refractivity contribution in [2.24, 2.45) is 5.41 Å². The number of fused-ring (bicyclic) bond motifs is 1. The highest BCUT2D eigenvalue weighted by Gasteiger charge is 2.43. The largest absolute Gasteiger partial charge is 0.504 e. The third kappa shape index (κ3) is 5.58. The normalized spacial score (nSPS) is 15.7. The lowest BCUT2D eigenvalue weighted by Crippen LogP contribution is -2.37. The average Bonchev–Trinajstić information content (AvgIpc) is 3.54. The SMILES string of the molecule is CCN(CC)S(=O)(=O)c1cccc(NC2=C(N[C@@H](c3ccc4c(c3)OCO4)C(C)(C)C)C(=O)N(c3ccccc3)C2=O)c1O. The lowest BCUT2D eigenvalue weighted by atomic mass is 9.82. The lowest BCUT2D eigenvalue weighted by Gasteiger charge is -2.33. The number of phenolic OH excluding ortho intramolecular Hbond substituents is 1. The van der Waals surface area contributed by atoms with Crippen molar-refractivity contribution in [2.75, 3.05) is 30.1 Å². The molecule has 2 heterocycles. The molecular weight excluding hydrogens is 584 g/mol. The number of nitrogens with one attached hydrogen (secondary N) is 2. The number of anilines is 2. The Kier molecular flexibility index (Phi) is 8.32.